The lowest BCUT2D eigenvalue weighted by atomic mass is 9.84. The Kier molecular flexibility index (Phi) is 30.4. The second-order valence-corrected chi connectivity index (χ2v) is 36.0. The van der Waals surface area contributed by atoms with E-state index in [0.29, 0.717) is 17.0 Å². The minimum atomic E-state index is -2.30. The normalized spacial score (nSPS) is 29.3. The number of nitrogens with two attached hydrogens (primary N) is 2. The number of benzene rings is 7. The van der Waals surface area contributed by atoms with Gasteiger partial charge in [0.05, 0.1) is 59.5 Å². The van der Waals surface area contributed by atoms with Gasteiger partial charge in [0, 0.05) is 83.4 Å². The highest BCUT2D eigenvalue weighted by atomic mass is 35.5. The summed E-state index contributed by atoms with van der Waals surface area (Å²) in [7, 11) is 0. The lowest BCUT2D eigenvalue weighted by Crippen LogP contribution is -2.66. The number of ether oxygens (including phenoxy) is 9. The maximum Gasteiger partial charge on any atom is 0.334 e. The van der Waals surface area contributed by atoms with E-state index in [1.54, 1.807) is 31.2 Å². The zero-order valence-corrected chi connectivity index (χ0v) is 74.2. The molecule has 0 saturated carbocycles. The van der Waals surface area contributed by atoms with Crippen LogP contribution in [0, 0.1) is 17.8 Å². The minimum Gasteiger partial charge on any atom is -0.508 e. The molecule has 23 atom stereocenters. The van der Waals surface area contributed by atoms with E-state index in [-0.39, 0.29) is 59.2 Å². The highest BCUT2D eigenvalue weighted by molar-refractivity contribution is 6.32. The highest BCUT2D eigenvalue weighted by Gasteiger charge is 2.54. The first-order chi connectivity index (χ1) is 62.0. The number of nitrogens with one attached hydrogen (secondary N) is 5. The van der Waals surface area contributed by atoms with Crippen LogP contribution in [0.4, 0.5) is 0 Å². The van der Waals surface area contributed by atoms with Crippen molar-refractivity contribution in [2.24, 2.45) is 29.2 Å². The molecule has 8 aliphatic rings. The van der Waals surface area contributed by atoms with Crippen LogP contribution in [-0.2, 0) is 78.2 Å². The number of phenols is 3. The van der Waals surface area contributed by atoms with Gasteiger partial charge in [-0.25, -0.2) is 9.59 Å². The number of carboxylic acid groups (broad SMARTS) is 2. The molecule has 7 aromatic rings. The lowest BCUT2D eigenvalue weighted by Gasteiger charge is -2.48. The molecule has 0 spiro atoms. The van der Waals surface area contributed by atoms with Gasteiger partial charge in [0.1, 0.15) is 77.4 Å². The van der Waals surface area contributed by atoms with Gasteiger partial charge in [-0.3, -0.25) is 33.6 Å². The first kappa shape index (κ1) is 97.8. The Morgan fingerprint density at radius 1 is 0.664 bits per heavy atom. The quantitative estimate of drug-likeness (QED) is 0.0297. The number of halogens is 3. The average molecular weight is 1880 g/mol. The number of ketones is 2. The van der Waals surface area contributed by atoms with Crippen molar-refractivity contribution in [1.29, 1.82) is 0 Å². The van der Waals surface area contributed by atoms with Crippen LogP contribution in [0.15, 0.2) is 127 Å². The number of aliphatic carboxylic acids is 2. The summed E-state index contributed by atoms with van der Waals surface area (Å²) in [5, 5.41) is 141. The van der Waals surface area contributed by atoms with Crippen molar-refractivity contribution in [3.8, 4) is 68.2 Å². The summed E-state index contributed by atoms with van der Waals surface area (Å²) < 4.78 is 58.9. The molecule has 0 aliphatic carbocycles. The van der Waals surface area contributed by atoms with E-state index >= 15 is 24.0 Å². The molecule has 20 N–H and O–H groups in total. The maximum atomic E-state index is 16.7. The largest absolute Gasteiger partial charge is 0.508 e. The third-order valence-electron chi connectivity index (χ3n) is 24.5. The van der Waals surface area contributed by atoms with E-state index in [0.717, 1.165) is 53.6 Å². The molecule has 0 radical (unpaired) electrons. The second-order valence-electron chi connectivity index (χ2n) is 34.7. The van der Waals surface area contributed by atoms with E-state index < -0.39 is 292 Å². The van der Waals surface area contributed by atoms with E-state index in [4.69, 9.17) is 88.9 Å². The van der Waals surface area contributed by atoms with Crippen molar-refractivity contribution in [3.63, 3.8) is 0 Å². The Morgan fingerprint density at radius 2 is 1.31 bits per heavy atom. The standard InChI is InChI=1S/C92H104Cl3N7O29/c1-8-43(22-39(2)3)84(115)101-74-60(107)27-50(30-68(96)109)85(116)99-72-49-28-64(126-62-20-15-47(76(74)110)25-56(62)94)80(131-90-81(78(112)77(111)67(37-103)128-90)130-70-35-92(7,83(114)41(5)125-70)98-36-66(88(119)120)123-38-42-10-9-11-45(23-42)44-12-17-51(93)18-13-44)65(29-49)127-63-21-16-48(26-57(63)95)79(129-69-34-91(6,97)82(113)40(4)124-69)75-87(118)100-73(89(121)122)55-31-52(104)32-59(106)71(55)54-24-46(14-19-58(54)105)53(33-61(72)108)86(117)102-75/h9-21,23-26,28-29,31-32,39-41,43,50,53,66-67,69-70,72-79,81-83,90,98,103-106,110-114H,8,22,27,30,33-38,97H2,1-7H3,(H2,96,109)(H,99,116)(H,100,118)(H,101,115)(H,102,117)(H,119,120)(H,121,122)/t40?,41?,43-,50+,53?,66?,67?,69?,70?,72-,73-,74?,75+,76-,77?,78?,79-,81?,82?,83?,90?,91?,92?/m1/s1. The first-order valence-corrected chi connectivity index (χ1v) is 43.6. The fraction of sp³-hybridized carbons (Fsp3) is 0.446. The molecule has 8 aliphatic heterocycles. The van der Waals surface area contributed by atoms with E-state index in [1.807, 2.05) is 38.1 Å². The number of aliphatic hydroxyl groups excluding tert-OH is 6. The van der Waals surface area contributed by atoms with Gasteiger partial charge >= 0.3 is 11.9 Å². The molecule has 36 nitrogen and oxygen atoms in total. The number of aliphatic hydroxyl groups is 6. The van der Waals surface area contributed by atoms with Crippen LogP contribution in [0.5, 0.6) is 46.0 Å². The van der Waals surface area contributed by atoms with Gasteiger partial charge in [0.2, 0.25) is 41.6 Å². The highest BCUT2D eigenvalue weighted by Crippen LogP contribution is 2.51. The van der Waals surface area contributed by atoms with Crippen molar-refractivity contribution in [2.75, 3.05) is 13.2 Å². The number of hydrogen-bond acceptors (Lipinski definition) is 29. The number of amides is 5. The molecule has 131 heavy (non-hydrogen) atoms. The Balaban J connectivity index is 0.992. The molecule has 16 unspecified atom stereocenters. The smallest absolute Gasteiger partial charge is 0.334 e. The molecular weight excluding hydrogens is 1770 g/mol. The van der Waals surface area contributed by atoms with Crippen molar-refractivity contribution >= 4 is 87.8 Å². The fourth-order valence-corrected chi connectivity index (χ4v) is 17.9. The summed E-state index contributed by atoms with van der Waals surface area (Å²) >= 11 is 20.9. The van der Waals surface area contributed by atoms with Crippen LogP contribution in [0.25, 0.3) is 22.3 Å². The molecule has 5 amide bonds. The second kappa shape index (κ2) is 40.8. The minimum absolute atomic E-state index is 0.0537. The number of primary amides is 1. The molecule has 7 aromatic carbocycles. The number of hydrogen-bond donors (Lipinski definition) is 18. The number of fused-ring (bicyclic) bond motifs is 15. The summed E-state index contributed by atoms with van der Waals surface area (Å²) in [5.41, 5.74) is 9.25. The van der Waals surface area contributed by atoms with Crippen LogP contribution in [0.1, 0.15) is 157 Å². The van der Waals surface area contributed by atoms with Gasteiger partial charge in [-0.2, -0.15) is 0 Å². The van der Waals surface area contributed by atoms with Gasteiger partial charge in [-0.05, 0) is 158 Å². The average Bonchev–Trinajstić information content (AvgIpc) is 0.763. The van der Waals surface area contributed by atoms with Gasteiger partial charge < -0.3 is 137 Å². The van der Waals surface area contributed by atoms with Crippen LogP contribution < -0.4 is 52.3 Å². The predicted octanol–water partition coefficient (Wildman–Crippen LogP) is 7.38. The number of Topliss-reactive ketones (excluding diaryl/α,β-unsaturated/α-hetero) is 2. The van der Waals surface area contributed by atoms with E-state index in [9.17, 15) is 75.3 Å². The SMILES string of the molecule is CC[C@H](CC(C)C)C(=O)NC1C(=O)C[C@@H](CC(N)=O)C(=O)N[C@H]2C(=O)CC3C(=O)N[C@H](C(=O)N[C@@H](C(=O)O)c4cc(O)cc(O)c4-c4cc3ccc4O)[C@H](OC3CC(C)(N)C(O)C(C)O3)c3ccc(c(Cl)c3)Oc3cc2cc(c3OC2OC(CO)C(O)C(O)C2OC2CC(C)(NCC(OCc3cccc(-c4ccc(Cl)cc4)c3)C(=O)O)C(O)C(C)O2)Oc2ccc(cc2Cl)[C@H]1O. The summed E-state index contributed by atoms with van der Waals surface area (Å²) in [6, 6.07) is 19.9. The summed E-state index contributed by atoms with van der Waals surface area (Å²) in [6.07, 6.45) is -27.2. The molecule has 0 aromatic heterocycles. The third kappa shape index (κ3) is 22.0. The molecule has 8 heterocycles. The monoisotopic (exact) mass is 1880 g/mol. The number of carboxylic acids is 2. The summed E-state index contributed by atoms with van der Waals surface area (Å²) in [5.74, 6) is -21.2. The number of aromatic hydroxyl groups is 3. The molecule has 11 bridgehead atoms. The first-order valence-electron chi connectivity index (χ1n) is 42.5. The number of carbonyl (C=O) groups excluding carboxylic acids is 7. The molecular formula is C92H104Cl3N7O29. The number of phenolic OH excluding ortho intramolecular Hbond substituents is 3. The Morgan fingerprint density at radius 3 is 1.94 bits per heavy atom. The summed E-state index contributed by atoms with van der Waals surface area (Å²) in [4.78, 5) is 135. The van der Waals surface area contributed by atoms with Crippen LogP contribution in [-0.4, -0.2) is 219 Å². The van der Waals surface area contributed by atoms with Gasteiger partial charge in [0.25, 0.3) is 0 Å². The molecule has 15 rings (SSSR count). The van der Waals surface area contributed by atoms with Crippen LogP contribution in [0.3, 0.4) is 0 Å². The van der Waals surface area contributed by atoms with Crippen molar-refractivity contribution in [2.45, 2.75) is 227 Å². The molecule has 702 valence electrons. The topological polar surface area (TPSA) is 571 Å². The van der Waals surface area contributed by atoms with Crippen molar-refractivity contribution in [1.82, 2.24) is 26.6 Å². The number of rotatable bonds is 23. The van der Waals surface area contributed by atoms with Crippen LogP contribution in [0.2, 0.25) is 15.1 Å². The van der Waals surface area contributed by atoms with Crippen molar-refractivity contribution in [3.05, 3.63) is 176 Å². The zero-order valence-electron chi connectivity index (χ0n) is 72.0. The third-order valence-corrected chi connectivity index (χ3v) is 25.3. The predicted molar refractivity (Wildman–Crippen MR) is 466 cm³/mol. The van der Waals surface area contributed by atoms with E-state index in [2.05, 4.69) is 26.6 Å². The van der Waals surface area contributed by atoms with Crippen LogP contribution >= 0.6 is 34.8 Å². The fourth-order valence-electron chi connectivity index (χ4n) is 17.4. The Labute approximate surface area is 766 Å². The van der Waals surface area contributed by atoms with Gasteiger partial charge in [-0.15, -0.1) is 0 Å². The zero-order chi connectivity index (χ0) is 94.8. The summed E-state index contributed by atoms with van der Waals surface area (Å²) in [6.45, 7) is 9.76. The lowest BCUT2D eigenvalue weighted by molar-refractivity contribution is -0.334. The van der Waals surface area contributed by atoms with Gasteiger partial charge in [0.15, 0.2) is 53.9 Å². The molecule has 3 fully saturated rings. The molecule has 3 saturated heterocycles. The van der Waals surface area contributed by atoms with Gasteiger partial charge in [-0.1, -0.05) is 104 Å². The van der Waals surface area contributed by atoms with E-state index in [1.165, 1.54) is 64.1 Å². The number of carbonyl (C=O) groups is 9. The van der Waals surface area contributed by atoms with Crippen molar-refractivity contribution < 1.29 is 142 Å². The Hall–Kier alpha value is -10.7. The Bertz CT molecular complexity index is 5480. The molecule has 39 heteroatoms. The maximum absolute atomic E-state index is 16.7.